The first-order valence-corrected chi connectivity index (χ1v) is 9.49. The van der Waals surface area contributed by atoms with Crippen molar-refractivity contribution < 1.29 is 18.0 Å². The van der Waals surface area contributed by atoms with E-state index in [0.717, 1.165) is 24.5 Å². The van der Waals surface area contributed by atoms with Gasteiger partial charge < -0.3 is 10.2 Å². The van der Waals surface area contributed by atoms with Crippen LogP contribution in [0.15, 0.2) is 36.7 Å². The number of nitrogens with one attached hydrogen (secondary N) is 1. The lowest BCUT2D eigenvalue weighted by Crippen LogP contribution is -2.40. The first-order chi connectivity index (χ1) is 13.3. The number of hydrogen-bond acceptors (Lipinski definition) is 3. The molecule has 2 heterocycles. The van der Waals surface area contributed by atoms with Gasteiger partial charge in [-0.1, -0.05) is 18.2 Å². The number of alkyl halides is 3. The summed E-state index contributed by atoms with van der Waals surface area (Å²) in [5, 5.41) is 7.45. The van der Waals surface area contributed by atoms with Crippen molar-refractivity contribution in [1.29, 1.82) is 0 Å². The smallest absolute Gasteiger partial charge is 0.335 e. The van der Waals surface area contributed by atoms with Gasteiger partial charge in [0.2, 0.25) is 5.91 Å². The van der Waals surface area contributed by atoms with E-state index in [-0.39, 0.29) is 35.9 Å². The second-order valence-corrected chi connectivity index (χ2v) is 7.67. The SMILES string of the molecule is Cn1cc([C@H]2CNC[C@@H]2C(=O)N(Cc2ccccc2C(F)(F)F)C2CC2)cn1. The maximum atomic E-state index is 13.4. The Morgan fingerprint density at radius 2 is 2.04 bits per heavy atom. The van der Waals surface area contributed by atoms with Gasteiger partial charge in [0.05, 0.1) is 17.7 Å². The van der Waals surface area contributed by atoms with Gasteiger partial charge in [-0.3, -0.25) is 9.48 Å². The summed E-state index contributed by atoms with van der Waals surface area (Å²) in [6.07, 6.45) is 0.925. The average Bonchev–Trinajstić information content (AvgIpc) is 3.20. The summed E-state index contributed by atoms with van der Waals surface area (Å²) >= 11 is 0. The molecule has 1 saturated heterocycles. The van der Waals surface area contributed by atoms with Crippen LogP contribution in [0.4, 0.5) is 13.2 Å². The Labute approximate surface area is 161 Å². The van der Waals surface area contributed by atoms with Crippen molar-refractivity contribution in [3.63, 3.8) is 0 Å². The van der Waals surface area contributed by atoms with E-state index in [1.165, 1.54) is 12.1 Å². The lowest BCUT2D eigenvalue weighted by molar-refractivity contribution is -0.141. The molecule has 1 amide bonds. The minimum Gasteiger partial charge on any atom is -0.335 e. The highest BCUT2D eigenvalue weighted by Gasteiger charge is 2.42. The Morgan fingerprint density at radius 3 is 2.68 bits per heavy atom. The summed E-state index contributed by atoms with van der Waals surface area (Å²) in [6.45, 7) is 1.19. The molecule has 0 radical (unpaired) electrons. The molecule has 0 unspecified atom stereocenters. The standard InChI is InChI=1S/C20H23F3N4O/c1-26-11-14(8-25-26)16-9-24-10-17(16)19(28)27(15-6-7-15)12-13-4-2-3-5-18(13)20(21,22)23/h2-5,8,11,15-17,24H,6-7,9-10,12H2,1H3/t16-,17+/m1/s1. The molecular formula is C20H23F3N4O. The van der Waals surface area contributed by atoms with Crippen molar-refractivity contribution in [3.8, 4) is 0 Å². The maximum absolute atomic E-state index is 13.4. The molecule has 2 atom stereocenters. The van der Waals surface area contributed by atoms with Crippen LogP contribution in [-0.4, -0.2) is 39.7 Å². The van der Waals surface area contributed by atoms with Gasteiger partial charge in [-0.05, 0) is 30.0 Å². The molecule has 2 aliphatic rings. The molecule has 28 heavy (non-hydrogen) atoms. The summed E-state index contributed by atoms with van der Waals surface area (Å²) in [7, 11) is 1.83. The van der Waals surface area contributed by atoms with Crippen LogP contribution in [0.5, 0.6) is 0 Å². The maximum Gasteiger partial charge on any atom is 0.416 e. The van der Waals surface area contributed by atoms with Crippen molar-refractivity contribution in [3.05, 3.63) is 53.3 Å². The Kier molecular flexibility index (Phi) is 4.91. The molecule has 0 spiro atoms. The fourth-order valence-electron chi connectivity index (χ4n) is 4.02. The van der Waals surface area contributed by atoms with Gasteiger partial charge in [-0.15, -0.1) is 0 Å². The van der Waals surface area contributed by atoms with E-state index in [0.29, 0.717) is 13.1 Å². The zero-order valence-electron chi connectivity index (χ0n) is 15.6. The highest BCUT2D eigenvalue weighted by Crippen LogP contribution is 2.37. The number of rotatable bonds is 5. The zero-order valence-corrected chi connectivity index (χ0v) is 15.6. The number of nitrogens with zero attached hydrogens (tertiary/aromatic N) is 3. The first kappa shape index (κ1) is 19.0. The minimum absolute atomic E-state index is 0.00452. The van der Waals surface area contributed by atoms with E-state index < -0.39 is 11.7 Å². The Hall–Kier alpha value is -2.35. The van der Waals surface area contributed by atoms with Gasteiger partial charge in [-0.25, -0.2) is 0 Å². The quantitative estimate of drug-likeness (QED) is 0.851. The molecule has 1 aliphatic carbocycles. The number of carbonyl (C=O) groups excluding carboxylic acids is 1. The molecule has 1 saturated carbocycles. The number of hydrogen-bond donors (Lipinski definition) is 1. The van der Waals surface area contributed by atoms with Crippen LogP contribution in [0.3, 0.4) is 0 Å². The van der Waals surface area contributed by atoms with Crippen molar-refractivity contribution in [1.82, 2.24) is 20.0 Å². The first-order valence-electron chi connectivity index (χ1n) is 9.49. The van der Waals surface area contributed by atoms with Crippen LogP contribution in [-0.2, 0) is 24.6 Å². The molecule has 4 rings (SSSR count). The summed E-state index contributed by atoms with van der Waals surface area (Å²) in [4.78, 5) is 15.0. The third kappa shape index (κ3) is 3.78. The summed E-state index contributed by atoms with van der Waals surface area (Å²) in [6, 6.07) is 5.56. The van der Waals surface area contributed by atoms with Crippen LogP contribution in [0, 0.1) is 5.92 Å². The highest BCUT2D eigenvalue weighted by molar-refractivity contribution is 5.81. The van der Waals surface area contributed by atoms with Gasteiger partial charge in [0.15, 0.2) is 0 Å². The fourth-order valence-corrected chi connectivity index (χ4v) is 4.02. The number of carbonyl (C=O) groups is 1. The van der Waals surface area contributed by atoms with Crippen LogP contribution < -0.4 is 5.32 Å². The molecule has 150 valence electrons. The molecule has 1 aromatic carbocycles. The topological polar surface area (TPSA) is 50.2 Å². The Morgan fingerprint density at radius 1 is 1.29 bits per heavy atom. The van der Waals surface area contributed by atoms with E-state index in [1.54, 1.807) is 21.8 Å². The van der Waals surface area contributed by atoms with E-state index >= 15 is 0 Å². The van der Waals surface area contributed by atoms with E-state index in [9.17, 15) is 18.0 Å². The van der Waals surface area contributed by atoms with Gasteiger partial charge in [0.1, 0.15) is 0 Å². The van der Waals surface area contributed by atoms with Crippen molar-refractivity contribution in [2.45, 2.75) is 37.5 Å². The lowest BCUT2D eigenvalue weighted by Gasteiger charge is -2.29. The second-order valence-electron chi connectivity index (χ2n) is 7.67. The molecule has 1 aromatic heterocycles. The second kappa shape index (κ2) is 7.24. The average molecular weight is 392 g/mol. The van der Waals surface area contributed by atoms with Crippen molar-refractivity contribution >= 4 is 5.91 Å². The Bertz CT molecular complexity index is 859. The summed E-state index contributed by atoms with van der Waals surface area (Å²) in [5.41, 5.74) is 0.471. The molecule has 2 fully saturated rings. The van der Waals surface area contributed by atoms with Gasteiger partial charge in [-0.2, -0.15) is 18.3 Å². The van der Waals surface area contributed by atoms with Crippen LogP contribution in [0.1, 0.15) is 35.4 Å². The number of aromatic nitrogens is 2. The van der Waals surface area contributed by atoms with Gasteiger partial charge in [0, 0.05) is 44.8 Å². The number of amides is 1. The van der Waals surface area contributed by atoms with Crippen LogP contribution >= 0.6 is 0 Å². The van der Waals surface area contributed by atoms with Gasteiger partial charge in [0.25, 0.3) is 0 Å². The summed E-state index contributed by atoms with van der Waals surface area (Å²) < 4.78 is 41.8. The molecule has 5 nitrogen and oxygen atoms in total. The molecule has 1 N–H and O–H groups in total. The highest BCUT2D eigenvalue weighted by atomic mass is 19.4. The number of halogens is 3. The Balaban J connectivity index is 1.58. The molecule has 0 bridgehead atoms. The number of aryl methyl sites for hydroxylation is 1. The van der Waals surface area contributed by atoms with Crippen LogP contribution in [0.2, 0.25) is 0 Å². The molecular weight excluding hydrogens is 369 g/mol. The third-order valence-electron chi connectivity index (χ3n) is 5.62. The zero-order chi connectivity index (χ0) is 19.9. The molecule has 2 aromatic rings. The van der Waals surface area contributed by atoms with Crippen LogP contribution in [0.25, 0.3) is 0 Å². The predicted octanol–water partition coefficient (Wildman–Crippen LogP) is 2.93. The normalized spacial score (nSPS) is 22.4. The third-order valence-corrected chi connectivity index (χ3v) is 5.62. The van der Waals surface area contributed by atoms with Crippen molar-refractivity contribution in [2.24, 2.45) is 13.0 Å². The monoisotopic (exact) mass is 392 g/mol. The molecule has 1 aliphatic heterocycles. The van der Waals surface area contributed by atoms with Gasteiger partial charge >= 0.3 is 6.18 Å². The number of benzene rings is 1. The minimum atomic E-state index is -4.43. The van der Waals surface area contributed by atoms with E-state index in [1.807, 2.05) is 13.2 Å². The molecule has 8 heteroatoms. The predicted molar refractivity (Wildman–Crippen MR) is 97.3 cm³/mol. The fraction of sp³-hybridized carbons (Fsp3) is 0.500. The van der Waals surface area contributed by atoms with Crippen molar-refractivity contribution in [2.75, 3.05) is 13.1 Å². The van der Waals surface area contributed by atoms with E-state index in [2.05, 4.69) is 10.4 Å². The lowest BCUT2D eigenvalue weighted by atomic mass is 9.89. The summed E-state index contributed by atoms with van der Waals surface area (Å²) in [5.74, 6) is -0.374. The van der Waals surface area contributed by atoms with E-state index in [4.69, 9.17) is 0 Å². The largest absolute Gasteiger partial charge is 0.416 e.